The summed E-state index contributed by atoms with van der Waals surface area (Å²) in [5.74, 6) is -2.44. The smallest absolute Gasteiger partial charge is 0.416 e. The lowest BCUT2D eigenvalue weighted by molar-refractivity contribution is -0.143. The maximum absolute atomic E-state index is 12.8. The largest absolute Gasteiger partial charge is 0.507 e. The van der Waals surface area contributed by atoms with Crippen LogP contribution in [0.1, 0.15) is 18.1 Å². The van der Waals surface area contributed by atoms with Crippen molar-refractivity contribution < 1.29 is 41.7 Å². The Bertz CT molecular complexity index is 802. The zero-order valence-electron chi connectivity index (χ0n) is 12.2. The van der Waals surface area contributed by atoms with Crippen molar-refractivity contribution in [2.75, 3.05) is 0 Å². The Kier molecular flexibility index (Phi) is 4.32. The van der Waals surface area contributed by atoms with E-state index in [0.29, 0.717) is 12.1 Å². The molecule has 0 bridgehead atoms. The van der Waals surface area contributed by atoms with Crippen LogP contribution in [0, 0.1) is 0 Å². The van der Waals surface area contributed by atoms with Crippen LogP contribution in [0.5, 0.6) is 6.01 Å². The van der Waals surface area contributed by atoms with Gasteiger partial charge in [-0.2, -0.15) is 31.3 Å². The summed E-state index contributed by atoms with van der Waals surface area (Å²) >= 11 is 0. The van der Waals surface area contributed by atoms with Gasteiger partial charge < -0.3 is 15.3 Å². The third-order valence-corrected chi connectivity index (χ3v) is 2.96. The molecule has 2 rings (SSSR count). The highest BCUT2D eigenvalue weighted by Crippen LogP contribution is 2.38. The summed E-state index contributed by atoms with van der Waals surface area (Å²) in [4.78, 5) is 3.30. The van der Waals surface area contributed by atoms with E-state index >= 15 is 0 Å². The van der Waals surface area contributed by atoms with Gasteiger partial charge in [0.05, 0.1) is 11.1 Å². The number of aliphatic hydroxyl groups is 2. The molecule has 12 heteroatoms. The van der Waals surface area contributed by atoms with Crippen molar-refractivity contribution in [3.8, 4) is 17.4 Å². The van der Waals surface area contributed by atoms with Crippen LogP contribution in [0.3, 0.4) is 0 Å². The minimum absolute atomic E-state index is 0.0738. The van der Waals surface area contributed by atoms with Crippen molar-refractivity contribution >= 4 is 5.88 Å². The average molecular weight is 369 g/mol. The first-order chi connectivity index (χ1) is 11.3. The van der Waals surface area contributed by atoms with E-state index in [4.69, 9.17) is 5.11 Å². The molecular weight excluding hydrogens is 360 g/mol. The fourth-order valence-electron chi connectivity index (χ4n) is 1.81. The zero-order valence-corrected chi connectivity index (χ0v) is 12.2. The lowest BCUT2D eigenvalue weighted by Crippen LogP contribution is -2.11. The molecule has 1 aromatic carbocycles. The molecule has 1 aromatic heterocycles. The number of aromatic hydroxyl groups is 1. The van der Waals surface area contributed by atoms with Gasteiger partial charge in [-0.25, -0.2) is 0 Å². The summed E-state index contributed by atoms with van der Waals surface area (Å²) in [5, 5.41) is 31.5. The topological polar surface area (TPSA) is 91.4 Å². The number of alkyl halides is 6. The SMILES string of the molecule is C/C(O)=C(/O)n1nc(-c2cc(C(F)(F)F)cc(C(F)(F)F)c2)nc1O. The number of hydrogen-bond acceptors (Lipinski definition) is 5. The van der Waals surface area contributed by atoms with Crippen molar-refractivity contribution in [2.24, 2.45) is 0 Å². The van der Waals surface area contributed by atoms with Gasteiger partial charge in [0.1, 0.15) is 0 Å². The van der Waals surface area contributed by atoms with E-state index < -0.39 is 52.5 Å². The molecular formula is C13H9F6N3O3. The summed E-state index contributed by atoms with van der Waals surface area (Å²) < 4.78 is 77.2. The lowest BCUT2D eigenvalue weighted by atomic mass is 10.0. The first kappa shape index (κ1) is 18.4. The third kappa shape index (κ3) is 3.78. The summed E-state index contributed by atoms with van der Waals surface area (Å²) in [5.41, 5.74) is -3.88. The second kappa shape index (κ2) is 5.86. The number of rotatable bonds is 2. The molecule has 1 heterocycles. The molecule has 0 saturated heterocycles. The van der Waals surface area contributed by atoms with Crippen LogP contribution in [0.15, 0.2) is 24.0 Å². The fourth-order valence-corrected chi connectivity index (χ4v) is 1.81. The monoisotopic (exact) mass is 369 g/mol. The number of benzene rings is 1. The summed E-state index contributed by atoms with van der Waals surface area (Å²) in [6.45, 7) is 1.00. The maximum Gasteiger partial charge on any atom is 0.416 e. The summed E-state index contributed by atoms with van der Waals surface area (Å²) in [6.07, 6.45) is -10.1. The molecule has 0 spiro atoms. The highest BCUT2D eigenvalue weighted by atomic mass is 19.4. The van der Waals surface area contributed by atoms with Crippen molar-refractivity contribution in [2.45, 2.75) is 19.3 Å². The summed E-state index contributed by atoms with van der Waals surface area (Å²) in [7, 11) is 0. The molecule has 25 heavy (non-hydrogen) atoms. The molecule has 0 amide bonds. The lowest BCUT2D eigenvalue weighted by Gasteiger charge is -2.13. The number of hydrogen-bond donors (Lipinski definition) is 3. The molecule has 0 saturated carbocycles. The minimum Gasteiger partial charge on any atom is -0.507 e. The van der Waals surface area contributed by atoms with Crippen LogP contribution < -0.4 is 0 Å². The molecule has 0 fully saturated rings. The van der Waals surface area contributed by atoms with E-state index in [0.717, 1.165) is 6.92 Å². The number of allylic oxidation sites excluding steroid dienone is 1. The number of aliphatic hydroxyl groups excluding tert-OH is 2. The van der Waals surface area contributed by atoms with Crippen molar-refractivity contribution in [3.63, 3.8) is 0 Å². The van der Waals surface area contributed by atoms with Crippen molar-refractivity contribution in [1.82, 2.24) is 14.8 Å². The molecule has 136 valence electrons. The van der Waals surface area contributed by atoms with Crippen LogP contribution in [0.4, 0.5) is 26.3 Å². The van der Waals surface area contributed by atoms with Crippen LogP contribution in [0.2, 0.25) is 0 Å². The standard InChI is InChI=1S/C13H9F6N3O3/c1-5(23)10(24)22-11(25)20-9(21-22)6-2-7(12(14,15)16)4-8(3-6)13(17,18)19/h2-4,23-24H,1H3,(H,20,21,25)/b10-5-. The van der Waals surface area contributed by atoms with Crippen LogP contribution in [0.25, 0.3) is 17.3 Å². The van der Waals surface area contributed by atoms with E-state index in [1.807, 2.05) is 0 Å². The van der Waals surface area contributed by atoms with E-state index in [9.17, 15) is 36.6 Å². The maximum atomic E-state index is 12.8. The molecule has 0 aliphatic carbocycles. The number of halogens is 6. The Morgan fingerprint density at radius 1 is 0.960 bits per heavy atom. The molecule has 3 N–H and O–H groups in total. The molecule has 6 nitrogen and oxygen atoms in total. The third-order valence-electron chi connectivity index (χ3n) is 2.96. The van der Waals surface area contributed by atoms with Crippen LogP contribution in [-0.4, -0.2) is 30.1 Å². The Hall–Kier alpha value is -2.92. The average Bonchev–Trinajstić information content (AvgIpc) is 2.86. The van der Waals surface area contributed by atoms with Gasteiger partial charge in [0.25, 0.3) is 5.88 Å². The first-order valence-electron chi connectivity index (χ1n) is 6.35. The normalized spacial score (nSPS) is 13.7. The summed E-state index contributed by atoms with van der Waals surface area (Å²) in [6, 6.07) is -0.399. The van der Waals surface area contributed by atoms with Crippen LogP contribution in [-0.2, 0) is 12.4 Å². The van der Waals surface area contributed by atoms with Gasteiger partial charge in [-0.05, 0) is 25.1 Å². The van der Waals surface area contributed by atoms with Crippen molar-refractivity contribution in [1.29, 1.82) is 0 Å². The predicted octanol–water partition coefficient (Wildman–Crippen LogP) is 3.95. The molecule has 0 radical (unpaired) electrons. The van der Waals surface area contributed by atoms with Gasteiger partial charge in [0.15, 0.2) is 11.6 Å². The zero-order chi connectivity index (χ0) is 19.2. The highest BCUT2D eigenvalue weighted by Gasteiger charge is 2.37. The van der Waals surface area contributed by atoms with Gasteiger partial charge >= 0.3 is 18.4 Å². The Morgan fingerprint density at radius 3 is 1.84 bits per heavy atom. The molecule has 0 atom stereocenters. The minimum atomic E-state index is -5.07. The molecule has 2 aromatic rings. The Labute approximate surface area is 135 Å². The number of aromatic nitrogens is 3. The Morgan fingerprint density at radius 2 is 1.44 bits per heavy atom. The second-order valence-electron chi connectivity index (χ2n) is 4.85. The van der Waals surface area contributed by atoms with Gasteiger partial charge in [-0.15, -0.1) is 9.78 Å². The van der Waals surface area contributed by atoms with E-state index in [1.165, 1.54) is 0 Å². The molecule has 0 aliphatic rings. The predicted molar refractivity (Wildman–Crippen MR) is 71.3 cm³/mol. The molecule has 0 aliphatic heterocycles. The fraction of sp³-hybridized carbons (Fsp3) is 0.231. The van der Waals surface area contributed by atoms with E-state index in [2.05, 4.69) is 10.1 Å². The van der Waals surface area contributed by atoms with Gasteiger partial charge in [-0.3, -0.25) is 0 Å². The Balaban J connectivity index is 2.67. The first-order valence-corrected chi connectivity index (χ1v) is 6.35. The van der Waals surface area contributed by atoms with Crippen LogP contribution >= 0.6 is 0 Å². The van der Waals surface area contributed by atoms with Gasteiger partial charge in [-0.1, -0.05) is 0 Å². The number of nitrogens with zero attached hydrogens (tertiary/aromatic N) is 3. The second-order valence-corrected chi connectivity index (χ2v) is 4.85. The molecule has 0 unspecified atom stereocenters. The van der Waals surface area contributed by atoms with E-state index in [-0.39, 0.29) is 10.7 Å². The van der Waals surface area contributed by atoms with Gasteiger partial charge in [0.2, 0.25) is 0 Å². The van der Waals surface area contributed by atoms with Crippen molar-refractivity contribution in [3.05, 3.63) is 35.1 Å². The highest BCUT2D eigenvalue weighted by molar-refractivity contribution is 5.59. The van der Waals surface area contributed by atoms with E-state index in [1.54, 1.807) is 0 Å². The quantitative estimate of drug-likeness (QED) is 0.551. The van der Waals surface area contributed by atoms with Gasteiger partial charge in [0, 0.05) is 5.56 Å².